The van der Waals surface area contributed by atoms with Gasteiger partial charge in [-0.2, -0.15) is 0 Å². The summed E-state index contributed by atoms with van der Waals surface area (Å²) < 4.78 is 0. The van der Waals surface area contributed by atoms with Crippen LogP contribution in [0, 0.1) is 13.8 Å². The molecule has 3 aromatic carbocycles. The molecule has 2 amide bonds. The Kier molecular flexibility index (Phi) is 4.53. The van der Waals surface area contributed by atoms with Crippen molar-refractivity contribution in [2.45, 2.75) is 13.8 Å². The van der Waals surface area contributed by atoms with Gasteiger partial charge in [0.1, 0.15) is 5.70 Å². The van der Waals surface area contributed by atoms with Crippen molar-refractivity contribution in [1.29, 1.82) is 0 Å². The zero-order chi connectivity index (χ0) is 19.7. The summed E-state index contributed by atoms with van der Waals surface area (Å²) in [6.45, 7) is 3.97. The summed E-state index contributed by atoms with van der Waals surface area (Å²) in [7, 11) is 0. The molecule has 0 aromatic heterocycles. The van der Waals surface area contributed by atoms with Crippen molar-refractivity contribution in [2.24, 2.45) is 0 Å². The zero-order valence-electron chi connectivity index (χ0n) is 15.8. The number of amides is 2. The Bertz CT molecular complexity index is 1080. The van der Waals surface area contributed by atoms with E-state index < -0.39 is 0 Å². The summed E-state index contributed by atoms with van der Waals surface area (Å²) in [6, 6.07) is 24.4. The summed E-state index contributed by atoms with van der Waals surface area (Å²) in [5.74, 6) is -0.677. The van der Waals surface area contributed by atoms with E-state index in [2.05, 4.69) is 5.32 Å². The standard InChI is InChI=1S/C24H20N2O2/c1-16-11-13-18(14-12-16)21-22(25-19-8-6-7-17(2)15-19)24(28)26(23(21)27)20-9-4-3-5-10-20/h3-15,25H,1-2H3. The van der Waals surface area contributed by atoms with Gasteiger partial charge in [0.15, 0.2) is 0 Å². The van der Waals surface area contributed by atoms with Crippen molar-refractivity contribution in [3.63, 3.8) is 0 Å². The molecule has 0 spiro atoms. The number of rotatable bonds is 4. The highest BCUT2D eigenvalue weighted by Gasteiger charge is 2.40. The van der Waals surface area contributed by atoms with Crippen LogP contribution in [0.3, 0.4) is 0 Å². The van der Waals surface area contributed by atoms with Gasteiger partial charge < -0.3 is 5.32 Å². The molecule has 0 fully saturated rings. The Balaban J connectivity index is 1.83. The maximum absolute atomic E-state index is 13.3. The first-order valence-electron chi connectivity index (χ1n) is 9.13. The number of hydrogen-bond acceptors (Lipinski definition) is 3. The lowest BCUT2D eigenvalue weighted by molar-refractivity contribution is -0.120. The number of anilines is 2. The van der Waals surface area contributed by atoms with Gasteiger partial charge in [-0.05, 0) is 49.2 Å². The Morgan fingerprint density at radius 3 is 2.11 bits per heavy atom. The molecular formula is C24H20N2O2. The number of hydrogen-bond donors (Lipinski definition) is 1. The van der Waals surface area contributed by atoms with E-state index in [9.17, 15) is 9.59 Å². The van der Waals surface area contributed by atoms with Crippen LogP contribution in [-0.2, 0) is 9.59 Å². The minimum atomic E-state index is -0.353. The molecule has 0 radical (unpaired) electrons. The molecule has 3 aromatic rings. The van der Waals surface area contributed by atoms with Crippen LogP contribution >= 0.6 is 0 Å². The molecule has 0 saturated carbocycles. The fourth-order valence-electron chi connectivity index (χ4n) is 3.31. The van der Waals surface area contributed by atoms with Gasteiger partial charge in [-0.3, -0.25) is 9.59 Å². The summed E-state index contributed by atoms with van der Waals surface area (Å²) in [4.78, 5) is 27.7. The van der Waals surface area contributed by atoms with Crippen molar-refractivity contribution in [2.75, 3.05) is 10.2 Å². The first-order chi connectivity index (χ1) is 13.5. The van der Waals surface area contributed by atoms with E-state index in [0.29, 0.717) is 17.0 Å². The molecule has 4 rings (SSSR count). The van der Waals surface area contributed by atoms with Gasteiger partial charge in [0, 0.05) is 5.69 Å². The van der Waals surface area contributed by atoms with Gasteiger partial charge in [0.05, 0.1) is 11.3 Å². The quantitative estimate of drug-likeness (QED) is 0.679. The van der Waals surface area contributed by atoms with Crippen molar-refractivity contribution in [3.8, 4) is 0 Å². The number of carbonyl (C=O) groups is 2. The highest BCUT2D eigenvalue weighted by atomic mass is 16.2. The number of para-hydroxylation sites is 1. The van der Waals surface area contributed by atoms with E-state index in [1.807, 2.05) is 80.6 Å². The molecule has 1 aliphatic rings. The third-order valence-corrected chi connectivity index (χ3v) is 4.73. The first kappa shape index (κ1) is 17.7. The maximum atomic E-state index is 13.3. The molecule has 4 heteroatoms. The Morgan fingerprint density at radius 2 is 1.43 bits per heavy atom. The third kappa shape index (κ3) is 3.21. The van der Waals surface area contributed by atoms with Crippen LogP contribution in [0.1, 0.15) is 16.7 Å². The van der Waals surface area contributed by atoms with Gasteiger partial charge in [0.2, 0.25) is 0 Å². The molecule has 1 N–H and O–H groups in total. The Morgan fingerprint density at radius 1 is 0.714 bits per heavy atom. The Hall–Kier alpha value is -3.66. The SMILES string of the molecule is Cc1ccc(C2=C(Nc3cccc(C)c3)C(=O)N(c3ccccc3)C2=O)cc1. The molecule has 0 unspecified atom stereocenters. The predicted octanol–water partition coefficient (Wildman–Crippen LogP) is 4.70. The summed E-state index contributed by atoms with van der Waals surface area (Å²) in [5, 5.41) is 3.19. The second-order valence-electron chi connectivity index (χ2n) is 6.89. The molecular weight excluding hydrogens is 348 g/mol. The number of nitrogens with zero attached hydrogens (tertiary/aromatic N) is 1. The van der Waals surface area contributed by atoms with Gasteiger partial charge in [-0.1, -0.05) is 60.2 Å². The van der Waals surface area contributed by atoms with Crippen molar-refractivity contribution >= 4 is 28.8 Å². The Labute approximate surface area is 164 Å². The highest BCUT2D eigenvalue weighted by molar-refractivity contribution is 6.46. The topological polar surface area (TPSA) is 49.4 Å². The molecule has 1 heterocycles. The monoisotopic (exact) mass is 368 g/mol. The van der Waals surface area contributed by atoms with Gasteiger partial charge in [-0.15, -0.1) is 0 Å². The highest BCUT2D eigenvalue weighted by Crippen LogP contribution is 2.33. The van der Waals surface area contributed by atoms with Crippen LogP contribution in [0.25, 0.3) is 5.57 Å². The zero-order valence-corrected chi connectivity index (χ0v) is 15.8. The minimum absolute atomic E-state index is 0.295. The molecule has 0 atom stereocenters. The second kappa shape index (κ2) is 7.16. The average molecular weight is 368 g/mol. The van der Waals surface area contributed by atoms with Gasteiger partial charge in [0.25, 0.3) is 11.8 Å². The molecule has 1 aliphatic heterocycles. The lowest BCUT2D eigenvalue weighted by atomic mass is 10.0. The molecule has 0 bridgehead atoms. The number of benzene rings is 3. The van der Waals surface area contributed by atoms with Crippen molar-refractivity contribution in [1.82, 2.24) is 0 Å². The van der Waals surface area contributed by atoms with E-state index in [1.54, 1.807) is 12.1 Å². The lowest BCUT2D eigenvalue weighted by Gasteiger charge is -2.15. The minimum Gasteiger partial charge on any atom is -0.350 e. The van der Waals surface area contributed by atoms with E-state index in [-0.39, 0.29) is 11.8 Å². The summed E-state index contributed by atoms with van der Waals surface area (Å²) in [6.07, 6.45) is 0. The normalized spacial score (nSPS) is 14.0. The van der Waals surface area contributed by atoms with Crippen LogP contribution < -0.4 is 10.2 Å². The molecule has 138 valence electrons. The number of nitrogens with one attached hydrogen (secondary N) is 1. The second-order valence-corrected chi connectivity index (χ2v) is 6.89. The van der Waals surface area contributed by atoms with Crippen LogP contribution in [0.2, 0.25) is 0 Å². The van der Waals surface area contributed by atoms with Crippen LogP contribution in [-0.4, -0.2) is 11.8 Å². The van der Waals surface area contributed by atoms with E-state index >= 15 is 0 Å². The van der Waals surface area contributed by atoms with Gasteiger partial charge in [-0.25, -0.2) is 4.90 Å². The number of aryl methyl sites for hydroxylation is 2. The molecule has 0 saturated heterocycles. The summed E-state index contributed by atoms with van der Waals surface area (Å²) in [5.41, 5.74) is 4.89. The largest absolute Gasteiger partial charge is 0.350 e. The van der Waals surface area contributed by atoms with Crippen molar-refractivity contribution < 1.29 is 9.59 Å². The van der Waals surface area contributed by atoms with Crippen LogP contribution in [0.5, 0.6) is 0 Å². The van der Waals surface area contributed by atoms with Crippen molar-refractivity contribution in [3.05, 3.63) is 101 Å². The van der Waals surface area contributed by atoms with E-state index in [1.165, 1.54) is 4.90 Å². The van der Waals surface area contributed by atoms with Gasteiger partial charge >= 0.3 is 0 Å². The summed E-state index contributed by atoms with van der Waals surface area (Å²) >= 11 is 0. The molecule has 4 nitrogen and oxygen atoms in total. The molecule has 0 aliphatic carbocycles. The number of imide groups is 1. The third-order valence-electron chi connectivity index (χ3n) is 4.73. The van der Waals surface area contributed by atoms with E-state index in [4.69, 9.17) is 0 Å². The van der Waals surface area contributed by atoms with E-state index in [0.717, 1.165) is 22.4 Å². The lowest BCUT2D eigenvalue weighted by Crippen LogP contribution is -2.32. The molecule has 28 heavy (non-hydrogen) atoms. The first-order valence-corrected chi connectivity index (χ1v) is 9.13. The fraction of sp³-hybridized carbons (Fsp3) is 0.0833. The fourth-order valence-corrected chi connectivity index (χ4v) is 3.31. The maximum Gasteiger partial charge on any atom is 0.282 e. The smallest absolute Gasteiger partial charge is 0.282 e. The number of carbonyl (C=O) groups excluding carboxylic acids is 2. The average Bonchev–Trinajstić information content (AvgIpc) is 2.93. The predicted molar refractivity (Wildman–Crippen MR) is 112 cm³/mol. The van der Waals surface area contributed by atoms with Crippen LogP contribution in [0.15, 0.2) is 84.6 Å². The van der Waals surface area contributed by atoms with Crippen LogP contribution in [0.4, 0.5) is 11.4 Å².